The molecule has 2 aliphatic carbocycles. The average molecular weight is 786 g/mol. The SMILES string of the molecule is O=C(N1CCCC(COc2ccccc2)C1)C1(c2ccc(Cl)cc2)CCC1.O=C(O)C1(c2ccc(Cl)cc2)CCC1.c1ccc(OCC2CCCNC2)cc1. The van der Waals surface area contributed by atoms with Gasteiger partial charge in [-0.25, -0.2) is 0 Å². The van der Waals surface area contributed by atoms with E-state index in [0.717, 1.165) is 105 Å². The summed E-state index contributed by atoms with van der Waals surface area (Å²) in [6.07, 6.45) is 10.2. The number of para-hydroxylation sites is 2. The Kier molecular flexibility index (Phi) is 14.6. The Balaban J connectivity index is 0.000000155. The zero-order valence-corrected chi connectivity index (χ0v) is 33.2. The van der Waals surface area contributed by atoms with E-state index in [4.69, 9.17) is 32.7 Å². The molecule has 4 fully saturated rings. The van der Waals surface area contributed by atoms with Crippen molar-refractivity contribution in [3.63, 3.8) is 0 Å². The van der Waals surface area contributed by atoms with Crippen LogP contribution >= 0.6 is 23.2 Å². The second kappa shape index (κ2) is 19.7. The molecule has 9 heteroatoms. The molecular weight excluding hydrogens is 731 g/mol. The van der Waals surface area contributed by atoms with Gasteiger partial charge in [-0.15, -0.1) is 0 Å². The maximum Gasteiger partial charge on any atom is 0.314 e. The molecular formula is C46H54Cl2N2O5. The number of carbonyl (C=O) groups is 2. The van der Waals surface area contributed by atoms with Crippen LogP contribution < -0.4 is 14.8 Å². The van der Waals surface area contributed by atoms with Crippen LogP contribution in [-0.2, 0) is 20.4 Å². The number of aliphatic carboxylic acids is 1. The standard InChI is InChI=1S/C23H26ClNO2.C12H17NO.C11H11ClO2/c24-20-11-9-19(10-12-20)23(13-5-14-23)22(26)25-15-4-6-18(16-25)17-27-21-7-2-1-3-8-21;1-2-6-12(7-3-1)14-10-11-5-4-8-13-9-11;12-9-4-2-8(3-5-9)11(10(13)14)6-1-7-11/h1-3,7-12,18H,4-6,13-17H2;1-3,6-7,11,13H,4-5,8-10H2;2-5H,1,6-7H2,(H,13,14). The lowest BCUT2D eigenvalue weighted by molar-refractivity contribution is -0.147. The minimum Gasteiger partial charge on any atom is -0.493 e. The molecule has 2 N–H and O–H groups in total. The molecule has 4 aromatic carbocycles. The number of nitrogens with one attached hydrogen (secondary N) is 1. The van der Waals surface area contributed by atoms with Gasteiger partial charge in [0.25, 0.3) is 0 Å². The van der Waals surface area contributed by atoms with E-state index in [1.54, 1.807) is 12.1 Å². The molecule has 4 aromatic rings. The van der Waals surface area contributed by atoms with Gasteiger partial charge in [-0.3, -0.25) is 9.59 Å². The van der Waals surface area contributed by atoms with Crippen LogP contribution in [0.25, 0.3) is 0 Å². The highest BCUT2D eigenvalue weighted by Gasteiger charge is 2.48. The normalized spacial score (nSPS) is 20.8. The number of hydrogen-bond acceptors (Lipinski definition) is 5. The Bertz CT molecular complexity index is 1780. The van der Waals surface area contributed by atoms with Gasteiger partial charge in [-0.05, 0) is 118 Å². The van der Waals surface area contributed by atoms with Gasteiger partial charge in [0.2, 0.25) is 5.91 Å². The zero-order chi connectivity index (χ0) is 38.5. The first-order chi connectivity index (χ1) is 26.8. The number of ether oxygens (including phenoxy) is 2. The maximum absolute atomic E-state index is 13.5. The highest BCUT2D eigenvalue weighted by molar-refractivity contribution is 6.30. The van der Waals surface area contributed by atoms with E-state index in [-0.39, 0.29) is 5.41 Å². The number of likely N-dealkylation sites (tertiary alicyclic amines) is 1. The van der Waals surface area contributed by atoms with E-state index in [0.29, 0.717) is 29.4 Å². The third-order valence-corrected chi connectivity index (χ3v) is 12.2. The molecule has 2 saturated heterocycles. The van der Waals surface area contributed by atoms with Crippen LogP contribution in [0.3, 0.4) is 0 Å². The molecule has 55 heavy (non-hydrogen) atoms. The largest absolute Gasteiger partial charge is 0.493 e. The van der Waals surface area contributed by atoms with Gasteiger partial charge in [0, 0.05) is 41.5 Å². The van der Waals surface area contributed by atoms with E-state index >= 15 is 0 Å². The molecule has 4 aliphatic rings. The molecule has 1 amide bonds. The van der Waals surface area contributed by atoms with E-state index in [1.807, 2.05) is 97.1 Å². The summed E-state index contributed by atoms with van der Waals surface area (Å²) in [4.78, 5) is 26.7. The van der Waals surface area contributed by atoms with Crippen LogP contribution in [0, 0.1) is 11.8 Å². The quantitative estimate of drug-likeness (QED) is 0.167. The van der Waals surface area contributed by atoms with Crippen molar-refractivity contribution in [2.24, 2.45) is 11.8 Å². The second-order valence-corrected chi connectivity index (χ2v) is 16.3. The smallest absolute Gasteiger partial charge is 0.314 e. The third-order valence-electron chi connectivity index (χ3n) is 11.7. The summed E-state index contributed by atoms with van der Waals surface area (Å²) in [6.45, 7) is 5.43. The molecule has 8 rings (SSSR count). The number of halogens is 2. The summed E-state index contributed by atoms with van der Waals surface area (Å²) in [6, 6.07) is 35.0. The van der Waals surface area contributed by atoms with Crippen molar-refractivity contribution in [3.8, 4) is 11.5 Å². The molecule has 0 radical (unpaired) electrons. The van der Waals surface area contributed by atoms with Gasteiger partial charge in [0.1, 0.15) is 11.5 Å². The summed E-state index contributed by atoms with van der Waals surface area (Å²) in [7, 11) is 0. The molecule has 2 aliphatic heterocycles. The predicted octanol–water partition coefficient (Wildman–Crippen LogP) is 9.99. The zero-order valence-electron chi connectivity index (χ0n) is 31.6. The number of amides is 1. The van der Waals surface area contributed by atoms with Crippen LogP contribution in [0.4, 0.5) is 0 Å². The first-order valence-corrected chi connectivity index (χ1v) is 20.6. The summed E-state index contributed by atoms with van der Waals surface area (Å²) in [5, 5.41) is 13.9. The number of nitrogens with zero attached hydrogens (tertiary/aromatic N) is 1. The van der Waals surface area contributed by atoms with Crippen molar-refractivity contribution in [1.82, 2.24) is 10.2 Å². The summed E-state index contributed by atoms with van der Waals surface area (Å²) < 4.78 is 11.7. The number of rotatable bonds is 10. The van der Waals surface area contributed by atoms with Gasteiger partial charge in [-0.2, -0.15) is 0 Å². The number of benzene rings is 4. The summed E-state index contributed by atoms with van der Waals surface area (Å²) in [5.74, 6) is 2.54. The molecule has 292 valence electrons. The van der Waals surface area contributed by atoms with E-state index < -0.39 is 11.4 Å². The number of hydrogen-bond donors (Lipinski definition) is 2. The number of carbonyl (C=O) groups excluding carboxylic acids is 1. The summed E-state index contributed by atoms with van der Waals surface area (Å²) in [5.41, 5.74) is 1.02. The fourth-order valence-electron chi connectivity index (χ4n) is 8.07. The molecule has 2 heterocycles. The van der Waals surface area contributed by atoms with E-state index in [9.17, 15) is 14.7 Å². The Hall–Kier alpha value is -4.04. The van der Waals surface area contributed by atoms with Crippen LogP contribution in [-0.4, -0.2) is 61.3 Å². The van der Waals surface area contributed by atoms with Crippen LogP contribution in [0.5, 0.6) is 11.5 Å². The molecule has 0 bridgehead atoms. The third kappa shape index (κ3) is 10.6. The molecule has 2 saturated carbocycles. The highest BCUT2D eigenvalue weighted by atomic mass is 35.5. The molecule has 0 aromatic heterocycles. The Morgan fingerprint density at radius 3 is 1.60 bits per heavy atom. The molecule has 2 atom stereocenters. The molecule has 2 unspecified atom stereocenters. The van der Waals surface area contributed by atoms with Crippen molar-refractivity contribution < 1.29 is 24.2 Å². The monoisotopic (exact) mass is 784 g/mol. The van der Waals surface area contributed by atoms with Crippen LogP contribution in [0.2, 0.25) is 10.0 Å². The fourth-order valence-corrected chi connectivity index (χ4v) is 8.32. The van der Waals surface area contributed by atoms with Gasteiger partial charge < -0.3 is 24.8 Å². The lowest BCUT2D eigenvalue weighted by atomic mass is 9.63. The predicted molar refractivity (Wildman–Crippen MR) is 220 cm³/mol. The molecule has 0 spiro atoms. The van der Waals surface area contributed by atoms with Gasteiger partial charge in [0.15, 0.2) is 0 Å². The van der Waals surface area contributed by atoms with Crippen molar-refractivity contribution in [2.45, 2.75) is 75.0 Å². The van der Waals surface area contributed by atoms with Gasteiger partial charge in [-0.1, -0.05) is 96.7 Å². The number of carboxylic acids is 1. The van der Waals surface area contributed by atoms with Crippen molar-refractivity contribution >= 4 is 35.1 Å². The Morgan fingerprint density at radius 1 is 0.655 bits per heavy atom. The van der Waals surface area contributed by atoms with Gasteiger partial charge >= 0.3 is 5.97 Å². The highest BCUT2D eigenvalue weighted by Crippen LogP contribution is 2.46. The topological polar surface area (TPSA) is 88.1 Å². The van der Waals surface area contributed by atoms with Gasteiger partial charge in [0.05, 0.1) is 24.0 Å². The van der Waals surface area contributed by atoms with E-state index in [1.165, 1.54) is 19.4 Å². The van der Waals surface area contributed by atoms with Crippen LogP contribution in [0.1, 0.15) is 75.3 Å². The fraction of sp³-hybridized carbons (Fsp3) is 0.435. The number of piperidine rings is 2. The molecule has 7 nitrogen and oxygen atoms in total. The minimum absolute atomic E-state index is 0.292. The Morgan fingerprint density at radius 2 is 1.15 bits per heavy atom. The van der Waals surface area contributed by atoms with E-state index in [2.05, 4.69) is 10.2 Å². The van der Waals surface area contributed by atoms with Crippen molar-refractivity contribution in [3.05, 3.63) is 130 Å². The van der Waals surface area contributed by atoms with Crippen LogP contribution in [0.15, 0.2) is 109 Å². The lowest BCUT2D eigenvalue weighted by Gasteiger charge is -2.46. The Labute approximate surface area is 336 Å². The minimum atomic E-state index is -0.717. The summed E-state index contributed by atoms with van der Waals surface area (Å²) >= 11 is 11.8. The maximum atomic E-state index is 13.5. The first-order valence-electron chi connectivity index (χ1n) is 19.9. The number of carboxylic acid groups (broad SMARTS) is 1. The van der Waals surface area contributed by atoms with Crippen molar-refractivity contribution in [2.75, 3.05) is 39.4 Å². The van der Waals surface area contributed by atoms with Crippen molar-refractivity contribution in [1.29, 1.82) is 0 Å². The lowest BCUT2D eigenvalue weighted by Crippen LogP contribution is -2.54. The second-order valence-electron chi connectivity index (χ2n) is 15.4. The average Bonchev–Trinajstić information content (AvgIpc) is 3.18. The first kappa shape index (κ1) is 40.6.